The number of hydrogen-bond acceptors (Lipinski definition) is 7. The van der Waals surface area contributed by atoms with Crippen molar-refractivity contribution in [2.24, 2.45) is 0 Å². The molecule has 0 spiro atoms. The van der Waals surface area contributed by atoms with Gasteiger partial charge in [0.25, 0.3) is 11.1 Å². The number of hydrogen-bond donors (Lipinski definition) is 0. The van der Waals surface area contributed by atoms with Crippen molar-refractivity contribution < 1.29 is 18.6 Å². The van der Waals surface area contributed by atoms with Crippen LogP contribution >= 0.6 is 11.8 Å². The molecule has 6 nitrogen and oxygen atoms in total. The van der Waals surface area contributed by atoms with Crippen LogP contribution in [-0.4, -0.2) is 35.3 Å². The summed E-state index contributed by atoms with van der Waals surface area (Å²) in [5, 5.41) is 8.69. The monoisotopic (exact) mass is 320 g/mol. The summed E-state index contributed by atoms with van der Waals surface area (Å²) in [7, 11) is 0. The van der Waals surface area contributed by atoms with Gasteiger partial charge in [-0.05, 0) is 25.0 Å². The molecule has 2 aromatic rings. The first-order valence-corrected chi connectivity index (χ1v) is 8.33. The van der Waals surface area contributed by atoms with Crippen LogP contribution in [-0.2, 0) is 4.74 Å². The molecule has 1 saturated heterocycles. The summed E-state index contributed by atoms with van der Waals surface area (Å²) in [5.41, 5.74) is 0. The van der Waals surface area contributed by atoms with Crippen molar-refractivity contribution in [2.45, 2.75) is 30.3 Å². The molecule has 7 heteroatoms. The van der Waals surface area contributed by atoms with Crippen molar-refractivity contribution in [1.29, 1.82) is 0 Å². The van der Waals surface area contributed by atoms with Gasteiger partial charge in [0.15, 0.2) is 11.5 Å². The van der Waals surface area contributed by atoms with Gasteiger partial charge in [-0.3, -0.25) is 0 Å². The highest BCUT2D eigenvalue weighted by Gasteiger charge is 2.27. The Morgan fingerprint density at radius 2 is 2.09 bits per heavy atom. The summed E-state index contributed by atoms with van der Waals surface area (Å²) in [6.07, 6.45) is 2.16. The van der Waals surface area contributed by atoms with Gasteiger partial charge >= 0.3 is 0 Å². The molecule has 2 unspecified atom stereocenters. The molecule has 1 aromatic heterocycles. The van der Waals surface area contributed by atoms with E-state index in [1.807, 2.05) is 24.3 Å². The maximum Gasteiger partial charge on any atom is 0.276 e. The van der Waals surface area contributed by atoms with E-state index >= 15 is 0 Å². The lowest BCUT2D eigenvalue weighted by molar-refractivity contribution is 0.0686. The zero-order valence-electron chi connectivity index (χ0n) is 11.9. The summed E-state index contributed by atoms with van der Waals surface area (Å²) >= 11 is 1.53. The van der Waals surface area contributed by atoms with E-state index < -0.39 is 0 Å². The molecular formula is C15H16N2O4S. The van der Waals surface area contributed by atoms with E-state index in [-0.39, 0.29) is 6.10 Å². The Labute approximate surface area is 132 Å². The van der Waals surface area contributed by atoms with E-state index in [2.05, 4.69) is 10.2 Å². The molecule has 3 heterocycles. The molecule has 22 heavy (non-hydrogen) atoms. The highest BCUT2D eigenvalue weighted by Crippen LogP contribution is 2.36. The summed E-state index contributed by atoms with van der Waals surface area (Å²) in [6.45, 7) is 1.22. The number of ether oxygens (including phenoxy) is 3. The van der Waals surface area contributed by atoms with Crippen LogP contribution in [0.4, 0.5) is 0 Å². The predicted molar refractivity (Wildman–Crippen MR) is 79.3 cm³/mol. The third-order valence-electron chi connectivity index (χ3n) is 3.62. The van der Waals surface area contributed by atoms with Gasteiger partial charge in [-0.2, -0.15) is 0 Å². The van der Waals surface area contributed by atoms with Crippen molar-refractivity contribution in [3.8, 4) is 11.5 Å². The molecule has 4 rings (SSSR count). The fourth-order valence-corrected chi connectivity index (χ4v) is 3.32. The molecule has 1 aromatic carbocycles. The molecule has 2 aliphatic heterocycles. The highest BCUT2D eigenvalue weighted by atomic mass is 32.2. The first kappa shape index (κ1) is 13.9. The molecular weight excluding hydrogens is 304 g/mol. The molecule has 1 fully saturated rings. The van der Waals surface area contributed by atoms with Crippen LogP contribution in [0.5, 0.6) is 11.5 Å². The Kier molecular flexibility index (Phi) is 3.90. The van der Waals surface area contributed by atoms with Crippen LogP contribution in [0.2, 0.25) is 0 Å². The van der Waals surface area contributed by atoms with Crippen LogP contribution in [0.25, 0.3) is 0 Å². The van der Waals surface area contributed by atoms with E-state index in [4.69, 9.17) is 18.6 Å². The first-order chi connectivity index (χ1) is 10.9. The Morgan fingerprint density at radius 1 is 1.18 bits per heavy atom. The normalized spacial score (nSPS) is 23.6. The van der Waals surface area contributed by atoms with Gasteiger partial charge in [-0.1, -0.05) is 23.9 Å². The number of thioether (sulfide) groups is 1. The second-order valence-corrected chi connectivity index (χ2v) is 6.19. The van der Waals surface area contributed by atoms with Gasteiger partial charge in [-0.15, -0.1) is 10.2 Å². The third-order valence-corrected chi connectivity index (χ3v) is 4.57. The van der Waals surface area contributed by atoms with E-state index in [0.717, 1.165) is 31.0 Å². The van der Waals surface area contributed by atoms with Crippen LogP contribution in [0.3, 0.4) is 0 Å². The Balaban J connectivity index is 1.39. The van der Waals surface area contributed by atoms with Crippen molar-refractivity contribution >= 4 is 11.8 Å². The van der Waals surface area contributed by atoms with Gasteiger partial charge in [0.2, 0.25) is 6.10 Å². The molecule has 0 N–H and O–H groups in total. The zero-order chi connectivity index (χ0) is 14.8. The van der Waals surface area contributed by atoms with Gasteiger partial charge in [0.1, 0.15) is 6.61 Å². The standard InChI is InChI=1S/C15H16N2O4S/c1-2-6-12-11(5-1)19-8-13(20-12)14-16-17-15(21-14)22-9-10-4-3-7-18-10/h1-2,5-6,10,13H,3-4,7-9H2. The highest BCUT2D eigenvalue weighted by molar-refractivity contribution is 7.99. The minimum atomic E-state index is -0.362. The molecule has 2 atom stereocenters. The lowest BCUT2D eigenvalue weighted by Crippen LogP contribution is -2.21. The average molecular weight is 320 g/mol. The van der Waals surface area contributed by atoms with Crippen LogP contribution in [0.15, 0.2) is 33.9 Å². The minimum absolute atomic E-state index is 0.293. The number of fused-ring (bicyclic) bond motifs is 1. The van der Waals surface area contributed by atoms with E-state index in [1.165, 1.54) is 11.8 Å². The molecule has 0 radical (unpaired) electrons. The lowest BCUT2D eigenvalue weighted by atomic mass is 10.2. The number of para-hydroxylation sites is 2. The van der Waals surface area contributed by atoms with Crippen molar-refractivity contribution in [3.05, 3.63) is 30.2 Å². The topological polar surface area (TPSA) is 66.6 Å². The Morgan fingerprint density at radius 3 is 2.95 bits per heavy atom. The van der Waals surface area contributed by atoms with Crippen LogP contribution in [0.1, 0.15) is 24.8 Å². The summed E-state index contributed by atoms with van der Waals surface area (Å²) in [5.74, 6) is 2.73. The Bertz CT molecular complexity index is 642. The molecule has 0 amide bonds. The van der Waals surface area contributed by atoms with Crippen molar-refractivity contribution in [2.75, 3.05) is 19.0 Å². The largest absolute Gasteiger partial charge is 0.485 e. The van der Waals surface area contributed by atoms with Crippen LogP contribution in [0, 0.1) is 0 Å². The summed E-state index contributed by atoms with van der Waals surface area (Å²) in [4.78, 5) is 0. The number of benzene rings is 1. The summed E-state index contributed by atoms with van der Waals surface area (Å²) < 4.78 is 22.8. The van der Waals surface area contributed by atoms with Crippen LogP contribution < -0.4 is 9.47 Å². The smallest absolute Gasteiger partial charge is 0.276 e. The minimum Gasteiger partial charge on any atom is -0.485 e. The second-order valence-electron chi connectivity index (χ2n) is 5.22. The zero-order valence-corrected chi connectivity index (χ0v) is 12.8. The quantitative estimate of drug-likeness (QED) is 0.802. The SMILES string of the molecule is c1ccc2c(c1)OCC(c1nnc(SCC3CCCO3)o1)O2. The third kappa shape index (κ3) is 2.91. The van der Waals surface area contributed by atoms with E-state index in [9.17, 15) is 0 Å². The molecule has 0 aliphatic carbocycles. The maximum atomic E-state index is 5.85. The van der Waals surface area contributed by atoms with Gasteiger partial charge in [-0.25, -0.2) is 0 Å². The summed E-state index contributed by atoms with van der Waals surface area (Å²) in [6, 6.07) is 7.56. The van der Waals surface area contributed by atoms with Crippen molar-refractivity contribution in [1.82, 2.24) is 10.2 Å². The second kappa shape index (κ2) is 6.18. The maximum absolute atomic E-state index is 5.85. The Hall–Kier alpha value is -1.73. The first-order valence-electron chi connectivity index (χ1n) is 7.35. The van der Waals surface area contributed by atoms with Gasteiger partial charge < -0.3 is 18.6 Å². The fourth-order valence-electron chi connectivity index (χ4n) is 2.49. The predicted octanol–water partition coefficient (Wildman–Crippen LogP) is 2.85. The molecule has 0 saturated carbocycles. The molecule has 2 aliphatic rings. The molecule has 116 valence electrons. The lowest BCUT2D eigenvalue weighted by Gasteiger charge is -2.23. The van der Waals surface area contributed by atoms with Gasteiger partial charge in [0.05, 0.1) is 6.10 Å². The van der Waals surface area contributed by atoms with Gasteiger partial charge in [0, 0.05) is 12.4 Å². The number of nitrogens with zero attached hydrogens (tertiary/aromatic N) is 2. The fraction of sp³-hybridized carbons (Fsp3) is 0.467. The number of aromatic nitrogens is 2. The molecule has 0 bridgehead atoms. The van der Waals surface area contributed by atoms with Crippen molar-refractivity contribution in [3.63, 3.8) is 0 Å². The van der Waals surface area contributed by atoms with E-state index in [1.54, 1.807) is 0 Å². The van der Waals surface area contributed by atoms with E-state index in [0.29, 0.717) is 29.6 Å². The average Bonchev–Trinajstić information content (AvgIpc) is 3.24. The number of rotatable bonds is 4.